The zero-order valence-corrected chi connectivity index (χ0v) is 9.67. The molecule has 0 spiro atoms. The summed E-state index contributed by atoms with van der Waals surface area (Å²) in [6.07, 6.45) is 6.71. The molecule has 0 saturated heterocycles. The number of nitrogens with zero attached hydrogens (tertiary/aromatic N) is 4. The molecule has 0 atom stereocenters. The minimum absolute atomic E-state index is 0.431. The summed E-state index contributed by atoms with van der Waals surface area (Å²) in [6, 6.07) is 3.97. The summed E-state index contributed by atoms with van der Waals surface area (Å²) in [6.45, 7) is 0. The predicted octanol–water partition coefficient (Wildman–Crippen LogP) is 1.12. The molecule has 18 heavy (non-hydrogen) atoms. The maximum Gasteiger partial charge on any atom is 0.183 e. The smallest absolute Gasteiger partial charge is 0.183 e. The SMILES string of the molecule is Nc1ncnc2nc(CCc3cccnc3)[nH]c12. The molecule has 0 amide bonds. The third-order valence-corrected chi connectivity index (χ3v) is 2.74. The van der Waals surface area contributed by atoms with Gasteiger partial charge in [-0.05, 0) is 18.1 Å². The normalized spacial score (nSPS) is 10.9. The van der Waals surface area contributed by atoms with E-state index < -0.39 is 0 Å². The van der Waals surface area contributed by atoms with Gasteiger partial charge in [0, 0.05) is 18.8 Å². The number of pyridine rings is 1. The molecule has 0 aliphatic rings. The van der Waals surface area contributed by atoms with Gasteiger partial charge in [-0.1, -0.05) is 6.07 Å². The molecule has 0 aromatic carbocycles. The second-order valence-corrected chi connectivity index (χ2v) is 4.00. The maximum absolute atomic E-state index is 5.74. The van der Waals surface area contributed by atoms with Gasteiger partial charge in [0.05, 0.1) is 0 Å². The van der Waals surface area contributed by atoms with Gasteiger partial charge in [-0.25, -0.2) is 15.0 Å². The van der Waals surface area contributed by atoms with Crippen molar-refractivity contribution >= 4 is 17.0 Å². The van der Waals surface area contributed by atoms with E-state index >= 15 is 0 Å². The number of anilines is 1. The van der Waals surface area contributed by atoms with Crippen molar-refractivity contribution in [3.63, 3.8) is 0 Å². The lowest BCUT2D eigenvalue weighted by molar-refractivity contribution is 0.883. The van der Waals surface area contributed by atoms with E-state index in [0.29, 0.717) is 17.0 Å². The Morgan fingerprint density at radius 1 is 1.22 bits per heavy atom. The number of hydrogen-bond acceptors (Lipinski definition) is 5. The van der Waals surface area contributed by atoms with Crippen LogP contribution in [0.2, 0.25) is 0 Å². The Kier molecular flexibility index (Phi) is 2.60. The summed E-state index contributed by atoms with van der Waals surface area (Å²) >= 11 is 0. The van der Waals surface area contributed by atoms with Crippen molar-refractivity contribution in [3.05, 3.63) is 42.2 Å². The maximum atomic E-state index is 5.74. The van der Waals surface area contributed by atoms with Gasteiger partial charge in [0.2, 0.25) is 0 Å². The van der Waals surface area contributed by atoms with Gasteiger partial charge in [-0.3, -0.25) is 4.98 Å². The molecule has 0 aliphatic heterocycles. The van der Waals surface area contributed by atoms with Crippen LogP contribution in [0.4, 0.5) is 5.82 Å². The highest BCUT2D eigenvalue weighted by molar-refractivity contribution is 5.80. The van der Waals surface area contributed by atoms with Crippen LogP contribution in [0.25, 0.3) is 11.2 Å². The van der Waals surface area contributed by atoms with Crippen LogP contribution in [0, 0.1) is 0 Å². The van der Waals surface area contributed by atoms with Gasteiger partial charge in [0.25, 0.3) is 0 Å². The van der Waals surface area contributed by atoms with E-state index in [1.165, 1.54) is 11.9 Å². The van der Waals surface area contributed by atoms with Crippen LogP contribution >= 0.6 is 0 Å². The van der Waals surface area contributed by atoms with Crippen LogP contribution < -0.4 is 5.73 Å². The van der Waals surface area contributed by atoms with Crippen molar-refractivity contribution < 1.29 is 0 Å². The number of aromatic amines is 1. The van der Waals surface area contributed by atoms with E-state index in [2.05, 4.69) is 24.9 Å². The molecule has 0 fully saturated rings. The van der Waals surface area contributed by atoms with Crippen LogP contribution in [0.15, 0.2) is 30.9 Å². The van der Waals surface area contributed by atoms with E-state index in [-0.39, 0.29) is 0 Å². The minimum atomic E-state index is 0.431. The van der Waals surface area contributed by atoms with E-state index in [9.17, 15) is 0 Å². The molecular weight excluding hydrogens is 228 g/mol. The largest absolute Gasteiger partial charge is 0.382 e. The Balaban J connectivity index is 1.81. The van der Waals surface area contributed by atoms with Crippen molar-refractivity contribution in [1.29, 1.82) is 0 Å². The molecule has 0 bridgehead atoms. The van der Waals surface area contributed by atoms with E-state index in [0.717, 1.165) is 18.7 Å². The van der Waals surface area contributed by atoms with Gasteiger partial charge in [0.1, 0.15) is 17.7 Å². The zero-order valence-electron chi connectivity index (χ0n) is 9.67. The third kappa shape index (κ3) is 2.00. The predicted molar refractivity (Wildman–Crippen MR) is 67.7 cm³/mol. The van der Waals surface area contributed by atoms with Crippen LogP contribution in [0.3, 0.4) is 0 Å². The molecule has 0 saturated carbocycles. The van der Waals surface area contributed by atoms with Gasteiger partial charge in [-0.15, -0.1) is 0 Å². The molecule has 3 N–H and O–H groups in total. The van der Waals surface area contributed by atoms with Crippen LogP contribution in [-0.2, 0) is 12.8 Å². The molecule has 3 aromatic rings. The molecule has 0 radical (unpaired) electrons. The summed E-state index contributed by atoms with van der Waals surface area (Å²) in [5.41, 5.74) is 8.24. The highest BCUT2D eigenvalue weighted by Gasteiger charge is 2.07. The lowest BCUT2D eigenvalue weighted by Gasteiger charge is -1.97. The van der Waals surface area contributed by atoms with E-state index in [1.807, 2.05) is 18.3 Å². The molecule has 90 valence electrons. The van der Waals surface area contributed by atoms with Crippen molar-refractivity contribution in [2.24, 2.45) is 0 Å². The number of aryl methyl sites for hydroxylation is 2. The molecule has 3 rings (SSSR count). The summed E-state index contributed by atoms with van der Waals surface area (Å²) in [5, 5.41) is 0. The number of rotatable bonds is 3. The minimum Gasteiger partial charge on any atom is -0.382 e. The van der Waals surface area contributed by atoms with Gasteiger partial charge in [-0.2, -0.15) is 0 Å². The Bertz CT molecular complexity index is 661. The fourth-order valence-electron chi connectivity index (χ4n) is 1.82. The summed E-state index contributed by atoms with van der Waals surface area (Å²) in [5.74, 6) is 1.29. The number of aromatic nitrogens is 5. The Morgan fingerprint density at radius 3 is 2.94 bits per heavy atom. The zero-order chi connectivity index (χ0) is 12.4. The van der Waals surface area contributed by atoms with Crippen LogP contribution in [-0.4, -0.2) is 24.9 Å². The number of fused-ring (bicyclic) bond motifs is 1. The lowest BCUT2D eigenvalue weighted by atomic mass is 10.1. The monoisotopic (exact) mass is 240 g/mol. The summed E-state index contributed by atoms with van der Waals surface area (Å²) < 4.78 is 0. The highest BCUT2D eigenvalue weighted by atomic mass is 15.0. The third-order valence-electron chi connectivity index (χ3n) is 2.74. The van der Waals surface area contributed by atoms with Gasteiger partial charge >= 0.3 is 0 Å². The quantitative estimate of drug-likeness (QED) is 0.715. The molecule has 6 heteroatoms. The second-order valence-electron chi connectivity index (χ2n) is 4.00. The van der Waals surface area contributed by atoms with Crippen molar-refractivity contribution in [1.82, 2.24) is 24.9 Å². The lowest BCUT2D eigenvalue weighted by Crippen LogP contribution is -1.94. The van der Waals surface area contributed by atoms with Crippen LogP contribution in [0.5, 0.6) is 0 Å². The van der Waals surface area contributed by atoms with E-state index in [4.69, 9.17) is 5.73 Å². The van der Waals surface area contributed by atoms with Crippen molar-refractivity contribution in [2.45, 2.75) is 12.8 Å². The standard InChI is InChI=1S/C12H12N6/c13-11-10-12(16-7-15-11)18-9(17-10)4-3-8-2-1-5-14-6-8/h1-2,5-7H,3-4H2,(H3,13,15,16,17,18). The summed E-state index contributed by atoms with van der Waals surface area (Å²) in [7, 11) is 0. The van der Waals surface area contributed by atoms with Crippen molar-refractivity contribution in [3.8, 4) is 0 Å². The molecule has 0 unspecified atom stereocenters. The molecule has 0 aliphatic carbocycles. The first-order valence-corrected chi connectivity index (χ1v) is 5.67. The number of nitrogens with one attached hydrogen (secondary N) is 1. The number of H-pyrrole nitrogens is 1. The number of imidazole rings is 1. The number of nitrogen functional groups attached to an aromatic ring is 1. The average Bonchev–Trinajstić information content (AvgIpc) is 2.82. The Morgan fingerprint density at radius 2 is 2.17 bits per heavy atom. The van der Waals surface area contributed by atoms with Gasteiger partial charge in [0.15, 0.2) is 11.5 Å². The summed E-state index contributed by atoms with van der Waals surface area (Å²) in [4.78, 5) is 19.6. The topological polar surface area (TPSA) is 93.4 Å². The first kappa shape index (κ1) is 10.6. The molecule has 3 heterocycles. The van der Waals surface area contributed by atoms with Gasteiger partial charge < -0.3 is 10.7 Å². The van der Waals surface area contributed by atoms with Crippen LogP contribution in [0.1, 0.15) is 11.4 Å². The second kappa shape index (κ2) is 4.40. The highest BCUT2D eigenvalue weighted by Crippen LogP contribution is 2.14. The molecule has 3 aromatic heterocycles. The Hall–Kier alpha value is -2.50. The fourth-order valence-corrected chi connectivity index (χ4v) is 1.82. The fraction of sp³-hybridized carbons (Fsp3) is 0.167. The molecule has 6 nitrogen and oxygen atoms in total. The average molecular weight is 240 g/mol. The number of nitrogens with two attached hydrogens (primary N) is 1. The van der Waals surface area contributed by atoms with E-state index in [1.54, 1.807) is 6.20 Å². The molecular formula is C12H12N6. The first-order chi connectivity index (χ1) is 8.83. The first-order valence-electron chi connectivity index (χ1n) is 5.67. The van der Waals surface area contributed by atoms with Crippen molar-refractivity contribution in [2.75, 3.05) is 5.73 Å². The number of hydrogen-bond donors (Lipinski definition) is 2. The Labute approximate surface area is 103 Å².